The van der Waals surface area contributed by atoms with Gasteiger partial charge in [-0.2, -0.15) is 0 Å². The molecule has 1 fully saturated rings. The van der Waals surface area contributed by atoms with Gasteiger partial charge in [0.05, 0.1) is 6.42 Å². The summed E-state index contributed by atoms with van der Waals surface area (Å²) in [6.45, 7) is 4.52. The Kier molecular flexibility index (Phi) is 3.96. The van der Waals surface area contributed by atoms with Crippen molar-refractivity contribution in [2.75, 3.05) is 0 Å². The molecule has 2 nitrogen and oxygen atoms in total. The number of amides is 1. The Hall–Kier alpha value is -1.02. The summed E-state index contributed by atoms with van der Waals surface area (Å²) in [6, 6.07) is 7.80. The van der Waals surface area contributed by atoms with Crippen LogP contribution in [0.2, 0.25) is 5.02 Å². The highest BCUT2D eigenvalue weighted by molar-refractivity contribution is 6.30. The predicted octanol–water partition coefficient (Wildman–Crippen LogP) is 3.58. The van der Waals surface area contributed by atoms with Crippen LogP contribution < -0.4 is 5.32 Å². The molecule has 0 heterocycles. The minimum Gasteiger partial charge on any atom is -0.353 e. The maximum atomic E-state index is 11.9. The molecular weight excluding hydrogens is 246 g/mol. The van der Waals surface area contributed by atoms with E-state index in [1.54, 1.807) is 0 Å². The first-order valence-electron chi connectivity index (χ1n) is 6.48. The number of benzene rings is 1. The normalized spacial score (nSPS) is 21.8. The van der Waals surface area contributed by atoms with Crippen LogP contribution in [0.1, 0.15) is 38.7 Å². The molecule has 1 aliphatic carbocycles. The average molecular weight is 266 g/mol. The first-order chi connectivity index (χ1) is 8.44. The molecule has 1 N–H and O–H groups in total. The van der Waals surface area contributed by atoms with E-state index in [9.17, 15) is 4.79 Å². The lowest BCUT2D eigenvalue weighted by molar-refractivity contribution is -0.121. The zero-order valence-electron chi connectivity index (χ0n) is 11.0. The van der Waals surface area contributed by atoms with E-state index in [0.29, 0.717) is 22.9 Å². The van der Waals surface area contributed by atoms with E-state index in [0.717, 1.165) is 18.4 Å². The van der Waals surface area contributed by atoms with Crippen molar-refractivity contribution in [2.24, 2.45) is 5.41 Å². The molecule has 0 aromatic heterocycles. The van der Waals surface area contributed by atoms with E-state index in [4.69, 9.17) is 11.6 Å². The van der Waals surface area contributed by atoms with Crippen LogP contribution in [0, 0.1) is 5.41 Å². The second-order valence-corrected chi connectivity index (χ2v) is 6.41. The molecule has 98 valence electrons. The van der Waals surface area contributed by atoms with Crippen LogP contribution >= 0.6 is 11.6 Å². The van der Waals surface area contributed by atoms with Crippen LogP contribution in [0.15, 0.2) is 24.3 Å². The molecule has 0 aliphatic heterocycles. The van der Waals surface area contributed by atoms with Crippen LogP contribution in [-0.2, 0) is 11.2 Å². The number of rotatable bonds is 3. The fourth-order valence-corrected chi connectivity index (χ4v) is 2.75. The third-order valence-corrected chi connectivity index (χ3v) is 3.86. The Labute approximate surface area is 114 Å². The third-order valence-electron chi connectivity index (χ3n) is 3.61. The molecule has 0 radical (unpaired) electrons. The smallest absolute Gasteiger partial charge is 0.224 e. The molecule has 2 rings (SSSR count). The van der Waals surface area contributed by atoms with E-state index >= 15 is 0 Å². The predicted molar refractivity (Wildman–Crippen MR) is 74.7 cm³/mol. The molecule has 1 aromatic rings. The van der Waals surface area contributed by atoms with Gasteiger partial charge >= 0.3 is 0 Å². The van der Waals surface area contributed by atoms with Crippen LogP contribution in [-0.4, -0.2) is 11.9 Å². The van der Waals surface area contributed by atoms with Gasteiger partial charge in [0.2, 0.25) is 5.91 Å². The van der Waals surface area contributed by atoms with E-state index in [-0.39, 0.29) is 5.91 Å². The first-order valence-corrected chi connectivity index (χ1v) is 6.86. The molecule has 0 bridgehead atoms. The molecule has 18 heavy (non-hydrogen) atoms. The Balaban J connectivity index is 1.84. The molecule has 1 saturated carbocycles. The van der Waals surface area contributed by atoms with Crippen molar-refractivity contribution in [1.82, 2.24) is 5.32 Å². The largest absolute Gasteiger partial charge is 0.353 e. The van der Waals surface area contributed by atoms with E-state index in [2.05, 4.69) is 19.2 Å². The number of hydrogen-bond donors (Lipinski definition) is 1. The number of hydrogen-bond acceptors (Lipinski definition) is 1. The molecule has 1 atom stereocenters. The van der Waals surface area contributed by atoms with Crippen LogP contribution in [0.4, 0.5) is 0 Å². The molecule has 0 saturated heterocycles. The summed E-state index contributed by atoms with van der Waals surface area (Å²) in [7, 11) is 0. The van der Waals surface area contributed by atoms with E-state index in [1.807, 2.05) is 24.3 Å². The van der Waals surface area contributed by atoms with Crippen LogP contribution in [0.25, 0.3) is 0 Å². The Bertz CT molecular complexity index is 425. The monoisotopic (exact) mass is 265 g/mol. The molecule has 1 amide bonds. The highest BCUT2D eigenvalue weighted by Crippen LogP contribution is 2.36. The van der Waals surface area contributed by atoms with Gasteiger partial charge in [0.25, 0.3) is 0 Å². The minimum absolute atomic E-state index is 0.111. The molecule has 1 aromatic carbocycles. The third kappa shape index (κ3) is 3.74. The van der Waals surface area contributed by atoms with Crippen LogP contribution in [0.3, 0.4) is 0 Å². The highest BCUT2D eigenvalue weighted by atomic mass is 35.5. The average Bonchev–Trinajstić information content (AvgIpc) is 2.61. The summed E-state index contributed by atoms with van der Waals surface area (Å²) in [6.07, 6.45) is 3.81. The maximum absolute atomic E-state index is 11.9. The van der Waals surface area contributed by atoms with Gasteiger partial charge in [-0.3, -0.25) is 4.79 Å². The van der Waals surface area contributed by atoms with Gasteiger partial charge in [-0.1, -0.05) is 37.6 Å². The topological polar surface area (TPSA) is 29.1 Å². The van der Waals surface area contributed by atoms with Gasteiger partial charge in [0.1, 0.15) is 0 Å². The Morgan fingerprint density at radius 3 is 2.61 bits per heavy atom. The molecule has 3 heteroatoms. The van der Waals surface area contributed by atoms with Crippen molar-refractivity contribution < 1.29 is 4.79 Å². The Morgan fingerprint density at radius 2 is 2.06 bits per heavy atom. The van der Waals surface area contributed by atoms with Crippen molar-refractivity contribution in [3.63, 3.8) is 0 Å². The van der Waals surface area contributed by atoms with Crippen molar-refractivity contribution in [3.8, 4) is 0 Å². The maximum Gasteiger partial charge on any atom is 0.224 e. The fourth-order valence-electron chi connectivity index (χ4n) is 2.63. The molecule has 1 aliphatic rings. The first kappa shape index (κ1) is 13.4. The zero-order valence-corrected chi connectivity index (χ0v) is 11.8. The fraction of sp³-hybridized carbons (Fsp3) is 0.533. The van der Waals surface area contributed by atoms with Gasteiger partial charge in [0.15, 0.2) is 0 Å². The SMILES string of the molecule is CC1(C)CCC(NC(=O)Cc2ccc(Cl)cc2)C1. The lowest BCUT2D eigenvalue weighted by Gasteiger charge is -2.17. The number of halogens is 1. The number of carbonyl (C=O) groups is 1. The minimum atomic E-state index is 0.111. The van der Waals surface area contributed by atoms with Crippen molar-refractivity contribution in [3.05, 3.63) is 34.9 Å². The standard InChI is InChI=1S/C15H20ClNO/c1-15(2)8-7-13(10-15)17-14(18)9-11-3-5-12(16)6-4-11/h3-6,13H,7-10H2,1-2H3,(H,17,18). The van der Waals surface area contributed by atoms with E-state index in [1.165, 1.54) is 6.42 Å². The van der Waals surface area contributed by atoms with Crippen molar-refractivity contribution in [1.29, 1.82) is 0 Å². The van der Waals surface area contributed by atoms with Gasteiger partial charge in [-0.25, -0.2) is 0 Å². The summed E-state index contributed by atoms with van der Waals surface area (Å²) in [4.78, 5) is 11.9. The number of nitrogens with one attached hydrogen (secondary N) is 1. The summed E-state index contributed by atoms with van der Waals surface area (Å²) in [5.41, 5.74) is 1.38. The molecule has 1 unspecified atom stereocenters. The quantitative estimate of drug-likeness (QED) is 0.889. The zero-order chi connectivity index (χ0) is 13.2. The van der Waals surface area contributed by atoms with E-state index < -0.39 is 0 Å². The second-order valence-electron chi connectivity index (χ2n) is 5.97. The Morgan fingerprint density at radius 1 is 1.39 bits per heavy atom. The van der Waals surface area contributed by atoms with Crippen molar-refractivity contribution >= 4 is 17.5 Å². The van der Waals surface area contributed by atoms with Gasteiger partial charge in [-0.05, 0) is 42.4 Å². The lowest BCUT2D eigenvalue weighted by Crippen LogP contribution is -2.34. The summed E-state index contributed by atoms with van der Waals surface area (Å²) in [5.74, 6) is 0.111. The van der Waals surface area contributed by atoms with Gasteiger partial charge in [0, 0.05) is 11.1 Å². The summed E-state index contributed by atoms with van der Waals surface area (Å²) < 4.78 is 0. The lowest BCUT2D eigenvalue weighted by atomic mass is 9.92. The van der Waals surface area contributed by atoms with Crippen molar-refractivity contribution in [2.45, 2.75) is 45.6 Å². The van der Waals surface area contributed by atoms with Gasteiger partial charge < -0.3 is 5.32 Å². The highest BCUT2D eigenvalue weighted by Gasteiger charge is 2.31. The van der Waals surface area contributed by atoms with Gasteiger partial charge in [-0.15, -0.1) is 0 Å². The summed E-state index contributed by atoms with van der Waals surface area (Å²) in [5, 5.41) is 3.83. The van der Waals surface area contributed by atoms with Crippen LogP contribution in [0.5, 0.6) is 0 Å². The molecule has 0 spiro atoms. The molecular formula is C15H20ClNO. The second kappa shape index (κ2) is 5.31. The number of carbonyl (C=O) groups excluding carboxylic acids is 1. The summed E-state index contributed by atoms with van der Waals surface area (Å²) >= 11 is 5.82.